The first-order chi connectivity index (χ1) is 10.5. The van der Waals surface area contributed by atoms with E-state index < -0.39 is 0 Å². The van der Waals surface area contributed by atoms with Gasteiger partial charge in [0.2, 0.25) is 5.43 Å². The topological polar surface area (TPSA) is 30.2 Å². The molecular weight excluding hydrogens is 272 g/mol. The fourth-order valence-corrected chi connectivity index (χ4v) is 2.82. The Morgan fingerprint density at radius 2 is 2.00 bits per heavy atom. The van der Waals surface area contributed by atoms with Gasteiger partial charge in [-0.1, -0.05) is 25.1 Å². The van der Waals surface area contributed by atoms with Crippen LogP contribution >= 0.6 is 0 Å². The van der Waals surface area contributed by atoms with E-state index >= 15 is 0 Å². The van der Waals surface area contributed by atoms with Crippen molar-refractivity contribution in [2.45, 2.75) is 27.2 Å². The van der Waals surface area contributed by atoms with Gasteiger partial charge >= 0.3 is 0 Å². The summed E-state index contributed by atoms with van der Waals surface area (Å²) in [5, 5.41) is 1.29. The lowest BCUT2D eigenvalue weighted by molar-refractivity contribution is 0.654. The highest BCUT2D eigenvalue weighted by Gasteiger charge is 2.14. The predicted molar refractivity (Wildman–Crippen MR) is 91.2 cm³/mol. The predicted octanol–water partition coefficient (Wildman–Crippen LogP) is 4.37. The lowest BCUT2D eigenvalue weighted by Crippen LogP contribution is -2.08. The van der Waals surface area contributed by atoms with Gasteiger partial charge in [0, 0.05) is 5.92 Å². The molecule has 0 aliphatic rings. The standard InChI is InChI=1S/C20H18O2/c1-5-12(2)11-15-7-6-8-17-18(15)19(21)16-10-9-13(3)14(4)20(16)22-17/h1,6-10,12H,11H2,2-4H3. The van der Waals surface area contributed by atoms with E-state index in [2.05, 4.69) is 5.92 Å². The molecule has 0 aliphatic carbocycles. The number of fused-ring (bicyclic) bond motifs is 2. The number of aryl methyl sites for hydroxylation is 2. The molecule has 1 unspecified atom stereocenters. The van der Waals surface area contributed by atoms with Crippen molar-refractivity contribution in [3.63, 3.8) is 0 Å². The van der Waals surface area contributed by atoms with Crippen molar-refractivity contribution >= 4 is 21.9 Å². The highest BCUT2D eigenvalue weighted by Crippen LogP contribution is 2.26. The fraction of sp³-hybridized carbons (Fsp3) is 0.250. The van der Waals surface area contributed by atoms with Crippen LogP contribution in [-0.4, -0.2) is 0 Å². The number of rotatable bonds is 2. The van der Waals surface area contributed by atoms with Gasteiger partial charge in [-0.3, -0.25) is 4.79 Å². The summed E-state index contributed by atoms with van der Waals surface area (Å²) in [6.07, 6.45) is 6.15. The highest BCUT2D eigenvalue weighted by atomic mass is 16.3. The summed E-state index contributed by atoms with van der Waals surface area (Å²) in [5.41, 5.74) is 4.43. The third kappa shape index (κ3) is 2.19. The van der Waals surface area contributed by atoms with Gasteiger partial charge in [-0.05, 0) is 49.1 Å². The Bertz CT molecular complexity index is 971. The normalized spacial score (nSPS) is 12.5. The zero-order chi connectivity index (χ0) is 15.9. The zero-order valence-corrected chi connectivity index (χ0v) is 13.1. The van der Waals surface area contributed by atoms with Crippen LogP contribution < -0.4 is 5.43 Å². The van der Waals surface area contributed by atoms with Gasteiger partial charge in [0.05, 0.1) is 10.8 Å². The largest absolute Gasteiger partial charge is 0.456 e. The summed E-state index contributed by atoms with van der Waals surface area (Å²) in [7, 11) is 0. The van der Waals surface area contributed by atoms with Crippen molar-refractivity contribution in [3.8, 4) is 12.3 Å². The van der Waals surface area contributed by atoms with E-state index in [9.17, 15) is 4.79 Å². The second kappa shape index (κ2) is 5.35. The van der Waals surface area contributed by atoms with Crippen molar-refractivity contribution in [2.75, 3.05) is 0 Å². The fourth-order valence-electron chi connectivity index (χ4n) is 2.82. The van der Waals surface area contributed by atoms with Crippen LogP contribution in [0.1, 0.15) is 23.6 Å². The first kappa shape index (κ1) is 14.4. The Hall–Kier alpha value is -2.53. The average molecular weight is 290 g/mol. The van der Waals surface area contributed by atoms with Crippen molar-refractivity contribution in [1.82, 2.24) is 0 Å². The minimum absolute atomic E-state index is 0.0270. The molecule has 110 valence electrons. The maximum absolute atomic E-state index is 12.9. The third-order valence-electron chi connectivity index (χ3n) is 4.28. The van der Waals surface area contributed by atoms with Gasteiger partial charge in [0.1, 0.15) is 11.2 Å². The molecule has 1 aromatic heterocycles. The third-order valence-corrected chi connectivity index (χ3v) is 4.28. The maximum atomic E-state index is 12.9. The molecule has 2 nitrogen and oxygen atoms in total. The first-order valence-electron chi connectivity index (χ1n) is 7.43. The van der Waals surface area contributed by atoms with Gasteiger partial charge in [-0.15, -0.1) is 12.3 Å². The van der Waals surface area contributed by atoms with Gasteiger partial charge in [-0.25, -0.2) is 0 Å². The summed E-state index contributed by atoms with van der Waals surface area (Å²) >= 11 is 0. The van der Waals surface area contributed by atoms with Gasteiger partial charge in [0.25, 0.3) is 0 Å². The molecule has 22 heavy (non-hydrogen) atoms. The van der Waals surface area contributed by atoms with Crippen LogP contribution in [0.3, 0.4) is 0 Å². The van der Waals surface area contributed by atoms with E-state index in [1.165, 1.54) is 0 Å². The molecule has 2 aromatic carbocycles. The van der Waals surface area contributed by atoms with Crippen LogP contribution in [0.2, 0.25) is 0 Å². The van der Waals surface area contributed by atoms with E-state index in [-0.39, 0.29) is 11.3 Å². The minimum atomic E-state index is 0.0270. The summed E-state index contributed by atoms with van der Waals surface area (Å²) in [4.78, 5) is 12.9. The quantitative estimate of drug-likeness (QED) is 0.518. The minimum Gasteiger partial charge on any atom is -0.456 e. The second-order valence-corrected chi connectivity index (χ2v) is 5.88. The first-order valence-corrected chi connectivity index (χ1v) is 7.43. The van der Waals surface area contributed by atoms with Crippen LogP contribution in [0.5, 0.6) is 0 Å². The van der Waals surface area contributed by atoms with Gasteiger partial charge < -0.3 is 4.42 Å². The molecule has 2 heteroatoms. The molecular formula is C20H18O2. The van der Waals surface area contributed by atoms with E-state index in [1.54, 1.807) is 0 Å². The molecule has 3 rings (SSSR count). The molecule has 0 spiro atoms. The summed E-state index contributed by atoms with van der Waals surface area (Å²) < 4.78 is 6.04. The van der Waals surface area contributed by atoms with E-state index in [0.717, 1.165) is 16.7 Å². The molecule has 0 saturated carbocycles. The van der Waals surface area contributed by atoms with Crippen molar-refractivity contribution in [2.24, 2.45) is 5.92 Å². The number of benzene rings is 2. The van der Waals surface area contributed by atoms with E-state index in [0.29, 0.717) is 28.4 Å². The maximum Gasteiger partial charge on any atom is 0.200 e. The number of hydrogen-bond acceptors (Lipinski definition) is 2. The lowest BCUT2D eigenvalue weighted by atomic mass is 9.97. The zero-order valence-electron chi connectivity index (χ0n) is 13.1. The Morgan fingerprint density at radius 1 is 1.23 bits per heavy atom. The molecule has 1 atom stereocenters. The van der Waals surface area contributed by atoms with Crippen molar-refractivity contribution in [1.29, 1.82) is 0 Å². The van der Waals surface area contributed by atoms with Crippen LogP contribution in [0, 0.1) is 32.1 Å². The smallest absolute Gasteiger partial charge is 0.200 e. The molecule has 0 saturated heterocycles. The average Bonchev–Trinajstić information content (AvgIpc) is 2.51. The Kier molecular flexibility index (Phi) is 3.50. The molecule has 0 amide bonds. The van der Waals surface area contributed by atoms with Crippen molar-refractivity contribution in [3.05, 3.63) is 57.2 Å². The number of hydrogen-bond donors (Lipinski definition) is 0. The number of terminal acetylenes is 1. The molecule has 0 fully saturated rings. The van der Waals surface area contributed by atoms with Crippen LogP contribution in [0.4, 0.5) is 0 Å². The molecule has 0 aliphatic heterocycles. The second-order valence-electron chi connectivity index (χ2n) is 5.88. The van der Waals surface area contributed by atoms with Gasteiger partial charge in [-0.2, -0.15) is 0 Å². The summed E-state index contributed by atoms with van der Waals surface area (Å²) in [6, 6.07) is 9.54. The SMILES string of the molecule is C#CC(C)Cc1cccc2oc3c(C)c(C)ccc3c(=O)c12. The monoisotopic (exact) mass is 290 g/mol. The molecule has 1 heterocycles. The Labute approximate surface area is 129 Å². The lowest BCUT2D eigenvalue weighted by Gasteiger charge is -2.10. The summed E-state index contributed by atoms with van der Waals surface area (Å²) in [6.45, 7) is 5.98. The Morgan fingerprint density at radius 3 is 2.73 bits per heavy atom. The van der Waals surface area contributed by atoms with E-state index in [1.807, 2.05) is 51.1 Å². The van der Waals surface area contributed by atoms with Crippen molar-refractivity contribution < 1.29 is 4.42 Å². The summed E-state index contributed by atoms with van der Waals surface area (Å²) in [5.74, 6) is 2.80. The molecule has 0 N–H and O–H groups in total. The van der Waals surface area contributed by atoms with E-state index in [4.69, 9.17) is 10.8 Å². The van der Waals surface area contributed by atoms with Crippen LogP contribution in [0.15, 0.2) is 39.5 Å². The van der Waals surface area contributed by atoms with Crippen LogP contribution in [-0.2, 0) is 6.42 Å². The Balaban J connectivity index is 2.40. The van der Waals surface area contributed by atoms with Gasteiger partial charge in [0.15, 0.2) is 0 Å². The van der Waals surface area contributed by atoms with Crippen LogP contribution in [0.25, 0.3) is 21.9 Å². The molecule has 0 bridgehead atoms. The highest BCUT2D eigenvalue weighted by molar-refractivity contribution is 5.93. The molecule has 3 aromatic rings. The molecule has 0 radical (unpaired) electrons.